The summed E-state index contributed by atoms with van der Waals surface area (Å²) in [7, 11) is -3.74. The number of aromatic nitrogens is 3. The van der Waals surface area contributed by atoms with Gasteiger partial charge in [0.1, 0.15) is 0 Å². The van der Waals surface area contributed by atoms with Crippen LogP contribution >= 0.6 is 0 Å². The number of rotatable bonds is 2. The smallest absolute Gasteiger partial charge is 0.237 e. The van der Waals surface area contributed by atoms with Gasteiger partial charge in [-0.05, 0) is 36.8 Å². The van der Waals surface area contributed by atoms with Crippen LogP contribution in [0.5, 0.6) is 0 Å². The lowest BCUT2D eigenvalue weighted by atomic mass is 10.2. The first-order valence-corrected chi connectivity index (χ1v) is 8.44. The van der Waals surface area contributed by atoms with Crippen molar-refractivity contribution in [2.75, 3.05) is 0 Å². The molecule has 0 fully saturated rings. The molecule has 3 aromatic rings. The molecule has 0 aliphatic heterocycles. The zero-order valence-corrected chi connectivity index (χ0v) is 13.5. The molecule has 0 unspecified atom stereocenters. The van der Waals surface area contributed by atoms with Gasteiger partial charge < -0.3 is 0 Å². The number of aryl methyl sites for hydroxylation is 1. The van der Waals surface area contributed by atoms with Crippen LogP contribution in [0.3, 0.4) is 0 Å². The van der Waals surface area contributed by atoms with Crippen molar-refractivity contribution in [1.82, 2.24) is 14.8 Å². The summed E-state index contributed by atoms with van der Waals surface area (Å²) >= 11 is 0. The molecule has 0 amide bonds. The molecule has 0 aliphatic rings. The maximum absolute atomic E-state index is 11.4. The summed E-state index contributed by atoms with van der Waals surface area (Å²) in [5.41, 5.74) is 2.34. The predicted octanol–water partition coefficient (Wildman–Crippen LogP) is 2.40. The van der Waals surface area contributed by atoms with E-state index >= 15 is 0 Å². The summed E-state index contributed by atoms with van der Waals surface area (Å²) in [4.78, 5) is 4.34. The average molecular weight is 318 g/mol. The van der Waals surface area contributed by atoms with Gasteiger partial charge in [-0.3, -0.25) is 0 Å². The van der Waals surface area contributed by atoms with E-state index in [9.17, 15) is 8.42 Å². The highest BCUT2D eigenvalue weighted by atomic mass is 32.2. The van der Waals surface area contributed by atoms with Crippen molar-refractivity contribution >= 4 is 21.1 Å². The maximum Gasteiger partial charge on any atom is 0.238 e. The van der Waals surface area contributed by atoms with Crippen LogP contribution in [0.1, 0.15) is 19.4 Å². The molecule has 0 atom stereocenters. The van der Waals surface area contributed by atoms with Crippen LogP contribution in [0.4, 0.5) is 0 Å². The first-order valence-electron chi connectivity index (χ1n) is 6.89. The van der Waals surface area contributed by atoms with Crippen molar-refractivity contribution in [2.24, 2.45) is 5.14 Å². The van der Waals surface area contributed by atoms with Crippen LogP contribution in [0.15, 0.2) is 47.6 Å². The monoisotopic (exact) mass is 318 g/mol. The highest BCUT2D eigenvalue weighted by Gasteiger charge is 2.12. The third-order valence-electron chi connectivity index (χ3n) is 3.08. The van der Waals surface area contributed by atoms with Gasteiger partial charge in [0, 0.05) is 11.6 Å². The number of nitrogens with zero attached hydrogens (tertiary/aromatic N) is 3. The van der Waals surface area contributed by atoms with Crippen LogP contribution in [0, 0.1) is 6.92 Å². The summed E-state index contributed by atoms with van der Waals surface area (Å²) in [5.74, 6) is 0. The standard InChI is InChI=1S/C13H12N4O2S.C2H6/c1-9-5-6-15-13-12(9)8-16-17(13)10-3-2-4-11(7-10)20(14,18)19;1-2/h2-8H,1H3,(H2,14,18,19);1-2H3. The van der Waals surface area contributed by atoms with Gasteiger partial charge in [0.05, 0.1) is 16.8 Å². The van der Waals surface area contributed by atoms with Crippen molar-refractivity contribution < 1.29 is 8.42 Å². The van der Waals surface area contributed by atoms with Crippen LogP contribution in [-0.2, 0) is 10.0 Å². The molecule has 3 rings (SSSR count). The summed E-state index contributed by atoms with van der Waals surface area (Å²) in [6, 6.07) is 8.20. The molecule has 0 aliphatic carbocycles. The second-order valence-electron chi connectivity index (χ2n) is 4.46. The fourth-order valence-electron chi connectivity index (χ4n) is 2.04. The van der Waals surface area contributed by atoms with E-state index in [1.807, 2.05) is 26.8 Å². The fourth-order valence-corrected chi connectivity index (χ4v) is 2.59. The fraction of sp³-hybridized carbons (Fsp3) is 0.200. The van der Waals surface area contributed by atoms with E-state index < -0.39 is 10.0 Å². The Morgan fingerprint density at radius 1 is 1.18 bits per heavy atom. The summed E-state index contributed by atoms with van der Waals surface area (Å²) < 4.78 is 24.4. The Bertz CT molecular complexity index is 901. The molecule has 2 heterocycles. The van der Waals surface area contributed by atoms with E-state index in [1.54, 1.807) is 29.2 Å². The minimum atomic E-state index is -3.74. The van der Waals surface area contributed by atoms with Crippen molar-refractivity contribution in [3.8, 4) is 5.69 Å². The predicted molar refractivity (Wildman–Crippen MR) is 86.3 cm³/mol. The molecule has 0 spiro atoms. The minimum absolute atomic E-state index is 0.0475. The van der Waals surface area contributed by atoms with Crippen LogP contribution < -0.4 is 5.14 Å². The lowest BCUT2D eigenvalue weighted by molar-refractivity contribution is 0.597. The van der Waals surface area contributed by atoms with Gasteiger partial charge in [0.15, 0.2) is 5.65 Å². The lowest BCUT2D eigenvalue weighted by Crippen LogP contribution is -2.12. The lowest BCUT2D eigenvalue weighted by Gasteiger charge is -2.05. The zero-order chi connectivity index (χ0) is 16.3. The molecule has 116 valence electrons. The van der Waals surface area contributed by atoms with Crippen molar-refractivity contribution in [2.45, 2.75) is 25.7 Å². The Kier molecular flexibility index (Phi) is 4.58. The minimum Gasteiger partial charge on any atom is -0.237 e. The Balaban J connectivity index is 0.000000847. The van der Waals surface area contributed by atoms with Gasteiger partial charge in [-0.1, -0.05) is 19.9 Å². The number of nitrogens with two attached hydrogens (primary N) is 1. The largest absolute Gasteiger partial charge is 0.238 e. The number of fused-ring (bicyclic) bond motifs is 1. The van der Waals surface area contributed by atoms with Crippen molar-refractivity contribution in [1.29, 1.82) is 0 Å². The molecule has 7 heteroatoms. The van der Waals surface area contributed by atoms with Gasteiger partial charge in [0.2, 0.25) is 10.0 Å². The van der Waals surface area contributed by atoms with Gasteiger partial charge in [-0.15, -0.1) is 0 Å². The second kappa shape index (κ2) is 6.25. The SMILES string of the molecule is CC.Cc1ccnc2c1cnn2-c1cccc(S(N)(=O)=O)c1. The number of benzene rings is 1. The molecular formula is C15H18N4O2S. The number of pyridine rings is 1. The third kappa shape index (κ3) is 3.00. The quantitative estimate of drug-likeness (QED) is 0.785. The molecule has 6 nitrogen and oxygen atoms in total. The number of primary sulfonamides is 1. The Morgan fingerprint density at radius 2 is 1.91 bits per heavy atom. The van der Waals surface area contributed by atoms with Gasteiger partial charge in [0.25, 0.3) is 0 Å². The van der Waals surface area contributed by atoms with E-state index in [1.165, 1.54) is 12.1 Å². The topological polar surface area (TPSA) is 90.9 Å². The second-order valence-corrected chi connectivity index (χ2v) is 6.03. The zero-order valence-electron chi connectivity index (χ0n) is 12.7. The van der Waals surface area contributed by atoms with Crippen LogP contribution in [0.2, 0.25) is 0 Å². The van der Waals surface area contributed by atoms with Gasteiger partial charge >= 0.3 is 0 Å². The molecule has 0 radical (unpaired) electrons. The van der Waals surface area contributed by atoms with Gasteiger partial charge in [-0.2, -0.15) is 5.10 Å². The molecule has 0 bridgehead atoms. The molecule has 22 heavy (non-hydrogen) atoms. The highest BCUT2D eigenvalue weighted by Crippen LogP contribution is 2.20. The molecule has 2 N–H and O–H groups in total. The van der Waals surface area contributed by atoms with Crippen LogP contribution in [-0.4, -0.2) is 23.2 Å². The first kappa shape index (κ1) is 16.1. The van der Waals surface area contributed by atoms with E-state index in [4.69, 9.17) is 5.14 Å². The van der Waals surface area contributed by atoms with Crippen molar-refractivity contribution in [3.63, 3.8) is 0 Å². The van der Waals surface area contributed by atoms with E-state index in [0.29, 0.717) is 11.3 Å². The summed E-state index contributed by atoms with van der Waals surface area (Å²) in [6.45, 7) is 5.97. The molecule has 2 aromatic heterocycles. The van der Waals surface area contributed by atoms with E-state index in [0.717, 1.165) is 10.9 Å². The normalized spacial score (nSPS) is 11.1. The van der Waals surface area contributed by atoms with Gasteiger partial charge in [-0.25, -0.2) is 23.2 Å². The number of sulfonamides is 1. The van der Waals surface area contributed by atoms with E-state index in [2.05, 4.69) is 10.1 Å². The number of hydrogen-bond donors (Lipinski definition) is 1. The summed E-state index contributed by atoms with van der Waals surface area (Å²) in [5, 5.41) is 10.3. The molecule has 0 saturated carbocycles. The third-order valence-corrected chi connectivity index (χ3v) is 3.99. The number of hydrogen-bond acceptors (Lipinski definition) is 4. The maximum atomic E-state index is 11.4. The first-order chi connectivity index (χ1) is 10.5. The Morgan fingerprint density at radius 3 is 2.59 bits per heavy atom. The Labute approximate surface area is 129 Å². The highest BCUT2D eigenvalue weighted by molar-refractivity contribution is 7.89. The summed E-state index contributed by atoms with van der Waals surface area (Å²) in [6.07, 6.45) is 3.40. The molecule has 1 aromatic carbocycles. The average Bonchev–Trinajstić information content (AvgIpc) is 2.94. The molecule has 0 saturated heterocycles. The van der Waals surface area contributed by atoms with Crippen LogP contribution in [0.25, 0.3) is 16.7 Å². The van der Waals surface area contributed by atoms with E-state index in [-0.39, 0.29) is 4.90 Å². The Hall–Kier alpha value is -2.25. The van der Waals surface area contributed by atoms with Crippen molar-refractivity contribution in [3.05, 3.63) is 48.3 Å². The molecular weight excluding hydrogens is 300 g/mol.